The maximum atomic E-state index is 11.7. The van der Waals surface area contributed by atoms with Gasteiger partial charge in [0.25, 0.3) is 0 Å². The molecular formula is C15H17NO4. The Hall–Kier alpha value is -2.06. The Morgan fingerprint density at radius 1 is 1.35 bits per heavy atom. The van der Waals surface area contributed by atoms with Crippen LogP contribution < -0.4 is 4.74 Å². The van der Waals surface area contributed by atoms with Crippen LogP contribution in [0.25, 0.3) is 0 Å². The zero-order valence-electron chi connectivity index (χ0n) is 11.4. The van der Waals surface area contributed by atoms with Gasteiger partial charge in [-0.05, 0) is 31.4 Å². The minimum absolute atomic E-state index is 0.0228. The van der Waals surface area contributed by atoms with Crippen molar-refractivity contribution >= 4 is 5.97 Å². The molecule has 1 aliphatic carbocycles. The zero-order chi connectivity index (χ0) is 14.4. The molecule has 0 saturated heterocycles. The van der Waals surface area contributed by atoms with Crippen LogP contribution in [0.4, 0.5) is 0 Å². The van der Waals surface area contributed by atoms with Gasteiger partial charge in [0.15, 0.2) is 6.61 Å². The van der Waals surface area contributed by atoms with Crippen molar-refractivity contribution in [2.45, 2.75) is 31.5 Å². The van der Waals surface area contributed by atoms with Crippen molar-refractivity contribution in [2.24, 2.45) is 0 Å². The number of ether oxygens (including phenoxy) is 3. The highest BCUT2D eigenvalue weighted by molar-refractivity contribution is 5.71. The van der Waals surface area contributed by atoms with Crippen LogP contribution in [0.1, 0.15) is 24.8 Å². The minimum atomic E-state index is -0.438. The number of methoxy groups -OCH3 is 1. The Morgan fingerprint density at radius 3 is 2.85 bits per heavy atom. The van der Waals surface area contributed by atoms with Crippen molar-refractivity contribution in [3.8, 4) is 11.8 Å². The Bertz CT molecular complexity index is 509. The van der Waals surface area contributed by atoms with E-state index in [2.05, 4.69) is 0 Å². The highest BCUT2D eigenvalue weighted by Crippen LogP contribution is 2.24. The van der Waals surface area contributed by atoms with Crippen LogP contribution in [0.5, 0.6) is 5.75 Å². The first-order valence-corrected chi connectivity index (χ1v) is 6.59. The molecule has 1 aliphatic rings. The second kappa shape index (κ2) is 6.92. The quantitative estimate of drug-likeness (QED) is 0.769. The van der Waals surface area contributed by atoms with Crippen molar-refractivity contribution in [2.75, 3.05) is 13.7 Å². The number of para-hydroxylation sites is 1. The van der Waals surface area contributed by atoms with Crippen LogP contribution in [0, 0.1) is 11.3 Å². The minimum Gasteiger partial charge on any atom is -0.481 e. The number of carbonyl (C=O) groups is 1. The number of esters is 1. The number of hydrogen-bond donors (Lipinski definition) is 0. The normalized spacial score (nSPS) is 21.2. The summed E-state index contributed by atoms with van der Waals surface area (Å²) in [6.45, 7) is -0.203. The van der Waals surface area contributed by atoms with Gasteiger partial charge >= 0.3 is 5.97 Å². The number of nitriles is 1. The summed E-state index contributed by atoms with van der Waals surface area (Å²) < 4.78 is 15.9. The fourth-order valence-corrected chi connectivity index (χ4v) is 2.32. The molecular weight excluding hydrogens is 258 g/mol. The van der Waals surface area contributed by atoms with Crippen LogP contribution in [0.2, 0.25) is 0 Å². The van der Waals surface area contributed by atoms with Crippen molar-refractivity contribution in [3.63, 3.8) is 0 Å². The van der Waals surface area contributed by atoms with Crippen molar-refractivity contribution in [1.82, 2.24) is 0 Å². The van der Waals surface area contributed by atoms with E-state index in [0.29, 0.717) is 11.3 Å². The molecule has 5 nitrogen and oxygen atoms in total. The van der Waals surface area contributed by atoms with Gasteiger partial charge in [0, 0.05) is 7.11 Å². The summed E-state index contributed by atoms with van der Waals surface area (Å²) in [5.41, 5.74) is 0.399. The highest BCUT2D eigenvalue weighted by atomic mass is 16.6. The monoisotopic (exact) mass is 275 g/mol. The maximum Gasteiger partial charge on any atom is 0.344 e. The first kappa shape index (κ1) is 14.4. The third kappa shape index (κ3) is 3.49. The van der Waals surface area contributed by atoms with E-state index < -0.39 is 5.97 Å². The zero-order valence-corrected chi connectivity index (χ0v) is 11.4. The lowest BCUT2D eigenvalue weighted by Gasteiger charge is -2.18. The fourth-order valence-electron chi connectivity index (χ4n) is 2.32. The number of hydrogen-bond acceptors (Lipinski definition) is 5. The average Bonchev–Trinajstić information content (AvgIpc) is 2.92. The van der Waals surface area contributed by atoms with Gasteiger partial charge in [-0.1, -0.05) is 12.1 Å². The Labute approximate surface area is 118 Å². The van der Waals surface area contributed by atoms with Gasteiger partial charge in [0.1, 0.15) is 17.9 Å². The van der Waals surface area contributed by atoms with Crippen LogP contribution in [0.3, 0.4) is 0 Å². The van der Waals surface area contributed by atoms with Crippen LogP contribution in [-0.4, -0.2) is 31.9 Å². The van der Waals surface area contributed by atoms with E-state index in [9.17, 15) is 4.79 Å². The van der Waals surface area contributed by atoms with Crippen molar-refractivity contribution < 1.29 is 19.0 Å². The molecule has 0 radical (unpaired) electrons. The second-order valence-corrected chi connectivity index (χ2v) is 4.63. The lowest BCUT2D eigenvalue weighted by molar-refractivity contribution is -0.156. The van der Waals surface area contributed by atoms with Crippen molar-refractivity contribution in [3.05, 3.63) is 29.8 Å². The summed E-state index contributed by atoms with van der Waals surface area (Å²) in [5.74, 6) is -0.0478. The van der Waals surface area contributed by atoms with E-state index in [-0.39, 0.29) is 18.8 Å². The molecule has 1 saturated carbocycles. The lowest BCUT2D eigenvalue weighted by Crippen LogP contribution is -2.29. The number of carbonyl (C=O) groups excluding carboxylic acids is 1. The second-order valence-electron chi connectivity index (χ2n) is 4.63. The largest absolute Gasteiger partial charge is 0.481 e. The molecule has 2 rings (SSSR count). The fraction of sp³-hybridized carbons (Fsp3) is 0.467. The standard InChI is InChI=1S/C15H17NO4/c1-18-13-7-4-8-14(13)20-15(17)10-19-12-6-3-2-5-11(12)9-16/h2-3,5-6,13-14H,4,7-8,10H2,1H3/t13-,14+/m1/s1. The van der Waals surface area contributed by atoms with Crippen LogP contribution in [-0.2, 0) is 14.3 Å². The van der Waals surface area contributed by atoms with Crippen LogP contribution >= 0.6 is 0 Å². The Balaban J connectivity index is 1.85. The van der Waals surface area contributed by atoms with Gasteiger partial charge < -0.3 is 14.2 Å². The predicted molar refractivity (Wildman–Crippen MR) is 71.2 cm³/mol. The summed E-state index contributed by atoms with van der Waals surface area (Å²) in [6.07, 6.45) is 2.51. The van der Waals surface area contributed by atoms with Gasteiger partial charge in [-0.2, -0.15) is 5.26 Å². The van der Waals surface area contributed by atoms with E-state index in [1.54, 1.807) is 31.4 Å². The summed E-state index contributed by atoms with van der Waals surface area (Å²) in [6, 6.07) is 8.79. The summed E-state index contributed by atoms with van der Waals surface area (Å²) >= 11 is 0. The molecule has 0 heterocycles. The van der Waals surface area contributed by atoms with Gasteiger partial charge in [-0.25, -0.2) is 4.79 Å². The number of nitrogens with zero attached hydrogens (tertiary/aromatic N) is 1. The molecule has 1 aromatic carbocycles. The molecule has 1 fully saturated rings. The third-order valence-corrected chi connectivity index (χ3v) is 3.33. The van der Waals surface area contributed by atoms with Gasteiger partial charge in [0.05, 0.1) is 11.7 Å². The van der Waals surface area contributed by atoms with Gasteiger partial charge in [-0.3, -0.25) is 0 Å². The smallest absolute Gasteiger partial charge is 0.344 e. The molecule has 0 aliphatic heterocycles. The first-order chi connectivity index (χ1) is 9.74. The van der Waals surface area contributed by atoms with E-state index in [4.69, 9.17) is 19.5 Å². The van der Waals surface area contributed by atoms with E-state index >= 15 is 0 Å². The van der Waals surface area contributed by atoms with Gasteiger partial charge in [0.2, 0.25) is 0 Å². The molecule has 5 heteroatoms. The van der Waals surface area contributed by atoms with Crippen LogP contribution in [0.15, 0.2) is 24.3 Å². The molecule has 1 aromatic rings. The maximum absolute atomic E-state index is 11.7. The Morgan fingerprint density at radius 2 is 2.10 bits per heavy atom. The molecule has 20 heavy (non-hydrogen) atoms. The Kier molecular flexibility index (Phi) is 4.97. The SMILES string of the molecule is CO[C@@H]1CCC[C@@H]1OC(=O)COc1ccccc1C#N. The summed E-state index contributed by atoms with van der Waals surface area (Å²) in [5, 5.41) is 8.92. The molecule has 0 aromatic heterocycles. The van der Waals surface area contributed by atoms with E-state index in [1.807, 2.05) is 6.07 Å². The average molecular weight is 275 g/mol. The number of rotatable bonds is 5. The molecule has 2 atom stereocenters. The van der Waals surface area contributed by atoms with Crippen molar-refractivity contribution in [1.29, 1.82) is 5.26 Å². The summed E-state index contributed by atoms with van der Waals surface area (Å²) in [4.78, 5) is 11.7. The van der Waals surface area contributed by atoms with Gasteiger partial charge in [-0.15, -0.1) is 0 Å². The van der Waals surface area contributed by atoms with E-state index in [1.165, 1.54) is 0 Å². The number of benzene rings is 1. The topological polar surface area (TPSA) is 68.6 Å². The predicted octanol–water partition coefficient (Wildman–Crippen LogP) is 2.05. The highest BCUT2D eigenvalue weighted by Gasteiger charge is 2.30. The molecule has 0 spiro atoms. The van der Waals surface area contributed by atoms with E-state index in [0.717, 1.165) is 19.3 Å². The lowest BCUT2D eigenvalue weighted by atomic mass is 10.2. The third-order valence-electron chi connectivity index (χ3n) is 3.33. The molecule has 0 bridgehead atoms. The molecule has 106 valence electrons. The molecule has 0 N–H and O–H groups in total. The first-order valence-electron chi connectivity index (χ1n) is 6.59. The molecule has 0 amide bonds. The molecule has 0 unspecified atom stereocenters. The summed E-state index contributed by atoms with van der Waals surface area (Å²) in [7, 11) is 1.62.